The van der Waals surface area contributed by atoms with E-state index >= 15 is 0 Å². The number of para-hydroxylation sites is 2. The van der Waals surface area contributed by atoms with Crippen LogP contribution in [0.15, 0.2) is 35.7 Å². The van der Waals surface area contributed by atoms with Crippen molar-refractivity contribution in [1.82, 2.24) is 4.90 Å². The van der Waals surface area contributed by atoms with E-state index in [1.807, 2.05) is 49.4 Å². The maximum absolute atomic E-state index is 13.5. The van der Waals surface area contributed by atoms with Crippen LogP contribution in [0.3, 0.4) is 0 Å². The Morgan fingerprint density at radius 2 is 2.04 bits per heavy atom. The fraction of sp³-hybridized carbons (Fsp3) is 0.455. The number of carbonyl (C=O) groups is 2. The highest BCUT2D eigenvalue weighted by atomic mass is 32.1. The molecule has 2 aliphatic heterocycles. The van der Waals surface area contributed by atoms with Gasteiger partial charge >= 0.3 is 0 Å². The first-order chi connectivity index (χ1) is 13.5. The zero-order valence-electron chi connectivity index (χ0n) is 16.3. The van der Waals surface area contributed by atoms with E-state index in [0.717, 1.165) is 18.7 Å². The molecule has 5 nitrogen and oxygen atoms in total. The standard InChI is InChI=1S/C22H25N3O2S/c1-22(2)21(27)23-16-5-3-4-6-17(16)25(22)19(26)13-24-11-9-18-15(10-12-28-18)20(24)14-7-8-14/h3-6,10,12,14,20H,7-9,11,13H2,1-2H3,(H,23,27)/t20-/m1/s1. The minimum Gasteiger partial charge on any atom is -0.322 e. The van der Waals surface area contributed by atoms with Crippen molar-refractivity contribution in [2.45, 2.75) is 44.7 Å². The predicted molar refractivity (Wildman–Crippen MR) is 112 cm³/mol. The predicted octanol–water partition coefficient (Wildman–Crippen LogP) is 3.82. The monoisotopic (exact) mass is 395 g/mol. The van der Waals surface area contributed by atoms with Crippen LogP contribution in [0.25, 0.3) is 0 Å². The lowest BCUT2D eigenvalue weighted by molar-refractivity contribution is -0.127. The Kier molecular flexibility index (Phi) is 4.10. The van der Waals surface area contributed by atoms with Gasteiger partial charge in [-0.1, -0.05) is 12.1 Å². The van der Waals surface area contributed by atoms with Gasteiger partial charge in [-0.15, -0.1) is 11.3 Å². The molecule has 2 aromatic rings. The SMILES string of the molecule is CC1(C)C(=O)Nc2ccccc2N1C(=O)CN1CCc2sccc2[C@H]1C1CC1. The van der Waals surface area contributed by atoms with Crippen LogP contribution in [-0.4, -0.2) is 35.3 Å². The molecular formula is C22H25N3O2S. The van der Waals surface area contributed by atoms with Crippen molar-refractivity contribution in [3.8, 4) is 0 Å². The van der Waals surface area contributed by atoms with Gasteiger partial charge in [0.2, 0.25) is 11.8 Å². The Morgan fingerprint density at radius 1 is 1.25 bits per heavy atom. The number of rotatable bonds is 3. The molecule has 1 N–H and O–H groups in total. The molecule has 3 heterocycles. The molecule has 28 heavy (non-hydrogen) atoms. The third-order valence-corrected chi connectivity index (χ3v) is 7.28. The molecule has 1 aromatic carbocycles. The molecular weight excluding hydrogens is 370 g/mol. The lowest BCUT2D eigenvalue weighted by Crippen LogP contribution is -2.60. The topological polar surface area (TPSA) is 52.7 Å². The minimum absolute atomic E-state index is 0.00312. The molecule has 1 atom stereocenters. The number of thiophene rings is 1. The molecule has 146 valence electrons. The normalized spacial score (nSPS) is 23.7. The molecule has 3 aliphatic rings. The largest absolute Gasteiger partial charge is 0.322 e. The van der Waals surface area contributed by atoms with Gasteiger partial charge in [0.1, 0.15) is 5.54 Å². The van der Waals surface area contributed by atoms with Crippen LogP contribution in [0, 0.1) is 5.92 Å². The summed E-state index contributed by atoms with van der Waals surface area (Å²) in [5, 5.41) is 5.12. The first-order valence-corrected chi connectivity index (χ1v) is 10.9. The van der Waals surface area contributed by atoms with Gasteiger partial charge in [-0.25, -0.2) is 0 Å². The zero-order valence-corrected chi connectivity index (χ0v) is 17.1. The molecule has 5 rings (SSSR count). The smallest absolute Gasteiger partial charge is 0.250 e. The van der Waals surface area contributed by atoms with E-state index in [2.05, 4.69) is 21.7 Å². The van der Waals surface area contributed by atoms with Crippen LogP contribution < -0.4 is 10.2 Å². The maximum Gasteiger partial charge on any atom is 0.250 e. The van der Waals surface area contributed by atoms with Crippen LogP contribution in [-0.2, 0) is 16.0 Å². The molecule has 0 radical (unpaired) electrons. The van der Waals surface area contributed by atoms with Crippen molar-refractivity contribution in [2.24, 2.45) is 5.92 Å². The first kappa shape index (κ1) is 17.9. The van der Waals surface area contributed by atoms with E-state index in [-0.39, 0.29) is 11.8 Å². The summed E-state index contributed by atoms with van der Waals surface area (Å²) in [5.41, 5.74) is 2.00. The molecule has 1 fully saturated rings. The number of amides is 2. The van der Waals surface area contributed by atoms with Crippen LogP contribution in [0.5, 0.6) is 0 Å². The minimum atomic E-state index is -0.913. The number of hydrogen-bond donors (Lipinski definition) is 1. The Morgan fingerprint density at radius 3 is 2.82 bits per heavy atom. The molecule has 2 amide bonds. The average molecular weight is 396 g/mol. The van der Waals surface area contributed by atoms with E-state index in [9.17, 15) is 9.59 Å². The van der Waals surface area contributed by atoms with Crippen LogP contribution in [0.4, 0.5) is 11.4 Å². The van der Waals surface area contributed by atoms with Gasteiger partial charge in [-0.3, -0.25) is 19.4 Å². The Balaban J connectivity index is 1.46. The fourth-order valence-electron chi connectivity index (χ4n) is 4.68. The Hall–Kier alpha value is -2.18. The molecule has 0 bridgehead atoms. The Bertz CT molecular complexity index is 947. The van der Waals surface area contributed by atoms with Crippen LogP contribution >= 0.6 is 11.3 Å². The summed E-state index contributed by atoms with van der Waals surface area (Å²) in [5.74, 6) is 0.514. The van der Waals surface area contributed by atoms with Gasteiger partial charge in [-0.05, 0) is 68.2 Å². The molecule has 6 heteroatoms. The lowest BCUT2D eigenvalue weighted by atomic mass is 9.94. The average Bonchev–Trinajstić information content (AvgIpc) is 3.38. The van der Waals surface area contributed by atoms with Crippen molar-refractivity contribution in [1.29, 1.82) is 0 Å². The zero-order chi connectivity index (χ0) is 19.5. The maximum atomic E-state index is 13.5. The second-order valence-electron chi connectivity index (χ2n) is 8.56. The van der Waals surface area contributed by atoms with Gasteiger partial charge in [0.25, 0.3) is 0 Å². The lowest BCUT2D eigenvalue weighted by Gasteiger charge is -2.44. The summed E-state index contributed by atoms with van der Waals surface area (Å²) < 4.78 is 0. The van der Waals surface area contributed by atoms with Crippen LogP contribution in [0.1, 0.15) is 43.2 Å². The highest BCUT2D eigenvalue weighted by Crippen LogP contribution is 2.48. The van der Waals surface area contributed by atoms with E-state index in [0.29, 0.717) is 24.2 Å². The summed E-state index contributed by atoms with van der Waals surface area (Å²) in [6.45, 7) is 4.90. The van der Waals surface area contributed by atoms with E-state index in [4.69, 9.17) is 0 Å². The number of nitrogens with zero attached hydrogens (tertiary/aromatic N) is 2. The number of fused-ring (bicyclic) bond motifs is 2. The fourth-order valence-corrected chi connectivity index (χ4v) is 5.60. The van der Waals surface area contributed by atoms with Crippen molar-refractivity contribution < 1.29 is 9.59 Å². The Labute approximate surface area is 169 Å². The van der Waals surface area contributed by atoms with Crippen molar-refractivity contribution in [3.05, 3.63) is 46.2 Å². The van der Waals surface area contributed by atoms with Crippen LogP contribution in [0.2, 0.25) is 0 Å². The van der Waals surface area contributed by atoms with Crippen molar-refractivity contribution >= 4 is 34.5 Å². The molecule has 1 aliphatic carbocycles. The number of nitrogens with one attached hydrogen (secondary N) is 1. The molecule has 1 saturated carbocycles. The molecule has 0 unspecified atom stereocenters. The van der Waals surface area contributed by atoms with Gasteiger partial charge in [-0.2, -0.15) is 0 Å². The van der Waals surface area contributed by atoms with Gasteiger partial charge in [0.15, 0.2) is 0 Å². The van der Waals surface area contributed by atoms with Crippen molar-refractivity contribution in [2.75, 3.05) is 23.3 Å². The summed E-state index contributed by atoms with van der Waals surface area (Å²) in [7, 11) is 0. The third-order valence-electron chi connectivity index (χ3n) is 6.28. The molecule has 1 aromatic heterocycles. The van der Waals surface area contributed by atoms with E-state index in [1.165, 1.54) is 23.3 Å². The van der Waals surface area contributed by atoms with Gasteiger partial charge < -0.3 is 5.32 Å². The second kappa shape index (κ2) is 6.42. The van der Waals surface area contributed by atoms with Crippen molar-refractivity contribution in [3.63, 3.8) is 0 Å². The summed E-state index contributed by atoms with van der Waals surface area (Å²) >= 11 is 1.84. The van der Waals surface area contributed by atoms with Gasteiger partial charge in [0.05, 0.1) is 17.9 Å². The third kappa shape index (κ3) is 2.78. The number of benzene rings is 1. The number of carbonyl (C=O) groups excluding carboxylic acids is 2. The summed E-state index contributed by atoms with van der Waals surface area (Å²) in [6.07, 6.45) is 3.49. The first-order valence-electron chi connectivity index (χ1n) is 10.0. The second-order valence-corrected chi connectivity index (χ2v) is 9.56. The van der Waals surface area contributed by atoms with E-state index in [1.54, 1.807) is 4.90 Å². The summed E-state index contributed by atoms with van der Waals surface area (Å²) in [4.78, 5) is 31.7. The highest BCUT2D eigenvalue weighted by Gasteiger charge is 2.46. The molecule has 0 saturated heterocycles. The quantitative estimate of drug-likeness (QED) is 0.860. The number of hydrogen-bond acceptors (Lipinski definition) is 4. The van der Waals surface area contributed by atoms with Gasteiger partial charge in [0, 0.05) is 17.5 Å². The number of anilines is 2. The molecule has 0 spiro atoms. The highest BCUT2D eigenvalue weighted by molar-refractivity contribution is 7.10. The summed E-state index contributed by atoms with van der Waals surface area (Å²) in [6, 6.07) is 10.2. The van der Waals surface area contributed by atoms with E-state index < -0.39 is 5.54 Å².